The number of anilines is 1. The number of rotatable bonds is 5. The Labute approximate surface area is 186 Å². The highest BCUT2D eigenvalue weighted by molar-refractivity contribution is 5.96. The van der Waals surface area contributed by atoms with E-state index in [0.29, 0.717) is 23.2 Å². The van der Waals surface area contributed by atoms with Gasteiger partial charge in [0.2, 0.25) is 0 Å². The molecule has 2 heterocycles. The van der Waals surface area contributed by atoms with Crippen LogP contribution >= 0.6 is 24.8 Å². The summed E-state index contributed by atoms with van der Waals surface area (Å²) in [6.07, 6.45) is 0. The van der Waals surface area contributed by atoms with E-state index in [1.807, 2.05) is 0 Å². The summed E-state index contributed by atoms with van der Waals surface area (Å²) in [4.78, 5) is 28.2. The molecular weight excluding hydrogens is 432 g/mol. The fraction of sp³-hybridized carbons (Fsp3) is 0.333. The molecule has 1 aliphatic rings. The third-order valence-electron chi connectivity index (χ3n) is 5.28. The first-order valence-electron chi connectivity index (χ1n) is 9.38. The Morgan fingerprint density at radius 3 is 2.30 bits per heavy atom. The van der Waals surface area contributed by atoms with Gasteiger partial charge in [-0.15, -0.1) is 24.8 Å². The number of carbonyl (C=O) groups excluding carboxylic acids is 1. The van der Waals surface area contributed by atoms with Crippen LogP contribution in [-0.2, 0) is 6.54 Å². The monoisotopic (exact) mass is 455 g/mol. The summed E-state index contributed by atoms with van der Waals surface area (Å²) in [6, 6.07) is 11.7. The molecule has 3 aromatic rings. The molecule has 0 aliphatic carbocycles. The SMILES string of the molecule is CC(=O)c1ccc2c(c1)oc(=O)n2CCN1CCN(c2ccc(F)cc2)CC1.Cl.Cl. The second-order valence-electron chi connectivity index (χ2n) is 7.06. The van der Waals surface area contributed by atoms with Crippen molar-refractivity contribution in [3.63, 3.8) is 0 Å². The van der Waals surface area contributed by atoms with Crippen LogP contribution in [0.15, 0.2) is 51.7 Å². The van der Waals surface area contributed by atoms with Gasteiger partial charge in [-0.1, -0.05) is 0 Å². The second kappa shape index (κ2) is 10.1. The molecule has 0 radical (unpaired) electrons. The van der Waals surface area contributed by atoms with E-state index < -0.39 is 5.76 Å². The quantitative estimate of drug-likeness (QED) is 0.550. The molecule has 0 unspecified atom stereocenters. The van der Waals surface area contributed by atoms with Crippen LogP contribution in [0.3, 0.4) is 0 Å². The van der Waals surface area contributed by atoms with Gasteiger partial charge in [0, 0.05) is 50.5 Å². The number of Topliss-reactive ketones (excluding diaryl/α,β-unsaturated/α-hetero) is 1. The van der Waals surface area contributed by atoms with Crippen LogP contribution in [0, 0.1) is 5.82 Å². The third kappa shape index (κ3) is 5.03. The van der Waals surface area contributed by atoms with Crippen molar-refractivity contribution in [2.75, 3.05) is 37.6 Å². The van der Waals surface area contributed by atoms with Crippen molar-refractivity contribution in [2.24, 2.45) is 0 Å². The molecule has 0 spiro atoms. The van der Waals surface area contributed by atoms with E-state index in [-0.39, 0.29) is 36.4 Å². The highest BCUT2D eigenvalue weighted by Gasteiger charge is 2.18. The Balaban J connectivity index is 0.00000160. The number of piperazine rings is 1. The standard InChI is InChI=1S/C21H22FN3O3.2ClH/c1-15(26)16-2-7-19-20(14-16)28-21(27)25(19)13-10-23-8-11-24(12-9-23)18-5-3-17(22)4-6-18;;/h2-7,14H,8-13H2,1H3;2*1H. The molecule has 9 heteroatoms. The van der Waals surface area contributed by atoms with E-state index in [4.69, 9.17) is 4.42 Å². The van der Waals surface area contributed by atoms with Crippen molar-refractivity contribution in [1.82, 2.24) is 9.47 Å². The van der Waals surface area contributed by atoms with Gasteiger partial charge in [0.25, 0.3) is 0 Å². The van der Waals surface area contributed by atoms with Crippen LogP contribution in [0.4, 0.5) is 10.1 Å². The summed E-state index contributed by atoms with van der Waals surface area (Å²) < 4.78 is 20.0. The van der Waals surface area contributed by atoms with Gasteiger partial charge in [-0.05, 0) is 49.4 Å². The van der Waals surface area contributed by atoms with Crippen molar-refractivity contribution in [2.45, 2.75) is 13.5 Å². The van der Waals surface area contributed by atoms with E-state index >= 15 is 0 Å². The minimum atomic E-state index is -0.402. The Kier molecular flexibility index (Phi) is 8.06. The maximum atomic E-state index is 13.1. The number of nitrogens with zero attached hydrogens (tertiary/aromatic N) is 3. The van der Waals surface area contributed by atoms with E-state index in [1.54, 1.807) is 34.9 Å². The minimum Gasteiger partial charge on any atom is -0.408 e. The number of oxazole rings is 1. The Morgan fingerprint density at radius 1 is 1.00 bits per heavy atom. The van der Waals surface area contributed by atoms with Gasteiger partial charge in [0.15, 0.2) is 11.4 Å². The lowest BCUT2D eigenvalue weighted by molar-refractivity contribution is 0.101. The van der Waals surface area contributed by atoms with Gasteiger partial charge in [-0.2, -0.15) is 0 Å². The predicted octanol–water partition coefficient (Wildman–Crippen LogP) is 3.60. The summed E-state index contributed by atoms with van der Waals surface area (Å²) in [7, 11) is 0. The highest BCUT2D eigenvalue weighted by atomic mass is 35.5. The van der Waals surface area contributed by atoms with Crippen molar-refractivity contribution in [3.05, 3.63) is 64.4 Å². The molecule has 1 fully saturated rings. The van der Waals surface area contributed by atoms with Gasteiger partial charge in [0.1, 0.15) is 5.82 Å². The summed E-state index contributed by atoms with van der Waals surface area (Å²) in [5, 5.41) is 0. The average Bonchev–Trinajstić information content (AvgIpc) is 3.01. The molecule has 6 nitrogen and oxygen atoms in total. The number of hydrogen-bond acceptors (Lipinski definition) is 5. The van der Waals surface area contributed by atoms with Crippen molar-refractivity contribution < 1.29 is 13.6 Å². The lowest BCUT2D eigenvalue weighted by Gasteiger charge is -2.36. The minimum absolute atomic E-state index is 0. The van der Waals surface area contributed by atoms with Gasteiger partial charge in [0.05, 0.1) is 5.52 Å². The lowest BCUT2D eigenvalue weighted by atomic mass is 10.1. The Morgan fingerprint density at radius 2 is 1.67 bits per heavy atom. The zero-order chi connectivity index (χ0) is 19.7. The molecule has 0 saturated carbocycles. The molecule has 0 N–H and O–H groups in total. The number of benzene rings is 2. The molecule has 0 amide bonds. The van der Waals surface area contributed by atoms with Crippen LogP contribution in [0.25, 0.3) is 11.1 Å². The van der Waals surface area contributed by atoms with E-state index in [1.165, 1.54) is 19.1 Å². The smallest absolute Gasteiger partial charge is 0.408 e. The zero-order valence-corrected chi connectivity index (χ0v) is 18.2. The Hall–Kier alpha value is -2.35. The van der Waals surface area contributed by atoms with Crippen molar-refractivity contribution in [3.8, 4) is 0 Å². The van der Waals surface area contributed by atoms with E-state index in [9.17, 15) is 14.0 Å². The molecule has 1 aliphatic heterocycles. The number of halogens is 3. The maximum absolute atomic E-state index is 13.1. The molecule has 2 aromatic carbocycles. The molecular formula is C21H24Cl2FN3O3. The first-order valence-corrected chi connectivity index (χ1v) is 9.38. The number of carbonyl (C=O) groups is 1. The van der Waals surface area contributed by atoms with Gasteiger partial charge in [-0.3, -0.25) is 14.3 Å². The summed E-state index contributed by atoms with van der Waals surface area (Å²) >= 11 is 0. The summed E-state index contributed by atoms with van der Waals surface area (Å²) in [5.74, 6) is -0.687. The zero-order valence-electron chi connectivity index (χ0n) is 16.5. The molecule has 30 heavy (non-hydrogen) atoms. The van der Waals surface area contributed by atoms with Crippen molar-refractivity contribution >= 4 is 47.4 Å². The first kappa shape index (κ1) is 23.9. The maximum Gasteiger partial charge on any atom is 0.419 e. The highest BCUT2D eigenvalue weighted by Crippen LogP contribution is 2.18. The Bertz CT molecular complexity index is 1060. The topological polar surface area (TPSA) is 58.7 Å². The second-order valence-corrected chi connectivity index (χ2v) is 7.06. The normalized spacial score (nSPS) is 14.3. The fourth-order valence-electron chi connectivity index (χ4n) is 3.62. The average molecular weight is 456 g/mol. The fourth-order valence-corrected chi connectivity index (χ4v) is 3.62. The van der Waals surface area contributed by atoms with Crippen LogP contribution in [0.5, 0.6) is 0 Å². The number of hydrogen-bond donors (Lipinski definition) is 0. The van der Waals surface area contributed by atoms with Gasteiger partial charge < -0.3 is 9.32 Å². The van der Waals surface area contributed by atoms with Gasteiger partial charge in [-0.25, -0.2) is 9.18 Å². The molecule has 0 bridgehead atoms. The van der Waals surface area contributed by atoms with Crippen LogP contribution in [-0.4, -0.2) is 48.0 Å². The number of ketones is 1. The molecule has 0 atom stereocenters. The molecule has 1 saturated heterocycles. The van der Waals surface area contributed by atoms with Crippen molar-refractivity contribution in [1.29, 1.82) is 0 Å². The molecule has 4 rings (SSSR count). The number of fused-ring (bicyclic) bond motifs is 1. The molecule has 1 aromatic heterocycles. The van der Waals surface area contributed by atoms with Crippen LogP contribution in [0.1, 0.15) is 17.3 Å². The summed E-state index contributed by atoms with van der Waals surface area (Å²) in [6.45, 7) is 6.21. The van der Waals surface area contributed by atoms with E-state index in [2.05, 4.69) is 9.80 Å². The number of aromatic nitrogens is 1. The molecule has 162 valence electrons. The van der Waals surface area contributed by atoms with Crippen LogP contribution in [0.2, 0.25) is 0 Å². The van der Waals surface area contributed by atoms with E-state index in [0.717, 1.165) is 38.4 Å². The predicted molar refractivity (Wildman–Crippen MR) is 120 cm³/mol. The first-order chi connectivity index (χ1) is 13.5. The third-order valence-corrected chi connectivity index (χ3v) is 5.28. The van der Waals surface area contributed by atoms with Crippen LogP contribution < -0.4 is 10.7 Å². The largest absolute Gasteiger partial charge is 0.419 e. The summed E-state index contributed by atoms with van der Waals surface area (Å²) in [5.41, 5.74) is 2.71. The van der Waals surface area contributed by atoms with Gasteiger partial charge >= 0.3 is 5.76 Å². The lowest BCUT2D eigenvalue weighted by Crippen LogP contribution is -2.47.